The number of unbranched alkanes of at least 4 members (excludes halogenated alkanes) is 1. The number of benzene rings is 2. The van der Waals surface area contributed by atoms with Crippen molar-refractivity contribution in [3.05, 3.63) is 36.4 Å². The van der Waals surface area contributed by atoms with Crippen molar-refractivity contribution in [1.82, 2.24) is 0 Å². The number of rotatable bonds is 7. The van der Waals surface area contributed by atoms with Crippen LogP contribution in [0.3, 0.4) is 0 Å². The van der Waals surface area contributed by atoms with Crippen molar-refractivity contribution in [3.8, 4) is 0 Å². The van der Waals surface area contributed by atoms with Gasteiger partial charge in [-0.05, 0) is 23.2 Å². The Balaban J connectivity index is 2.64. The van der Waals surface area contributed by atoms with Crippen LogP contribution in [0.2, 0.25) is 45.6 Å². The van der Waals surface area contributed by atoms with Crippen LogP contribution in [0.4, 0.5) is 5.69 Å². The molecule has 0 bridgehead atoms. The normalized spacial score (nSPS) is 12.5. The summed E-state index contributed by atoms with van der Waals surface area (Å²) < 4.78 is 2.77. The van der Waals surface area contributed by atoms with Gasteiger partial charge in [-0.1, -0.05) is 89.4 Å². The summed E-state index contributed by atoms with van der Waals surface area (Å²) in [5.41, 5.74) is 2.44. The number of anilines is 1. The van der Waals surface area contributed by atoms with Crippen molar-refractivity contribution in [2.24, 2.45) is 0 Å². The van der Waals surface area contributed by atoms with E-state index in [1.165, 1.54) is 16.5 Å². The summed E-state index contributed by atoms with van der Waals surface area (Å²) in [4.78, 5) is 0. The second kappa shape index (κ2) is 7.68. The van der Waals surface area contributed by atoms with E-state index in [4.69, 9.17) is 0 Å². The van der Waals surface area contributed by atoms with Gasteiger partial charge in [-0.25, -0.2) is 0 Å². The molecule has 0 spiro atoms. The van der Waals surface area contributed by atoms with Crippen LogP contribution in [-0.2, 0) is 0 Å². The molecule has 25 heavy (non-hydrogen) atoms. The minimum Gasteiger partial charge on any atom is -0.446 e. The summed E-state index contributed by atoms with van der Waals surface area (Å²) in [6.45, 7) is 16.4. The van der Waals surface area contributed by atoms with Crippen LogP contribution >= 0.6 is 0 Å². The van der Waals surface area contributed by atoms with E-state index in [0.29, 0.717) is 0 Å². The van der Waals surface area contributed by atoms with E-state index in [9.17, 15) is 5.02 Å². The van der Waals surface area contributed by atoms with E-state index in [1.54, 1.807) is 0 Å². The van der Waals surface area contributed by atoms with Crippen LogP contribution in [0.25, 0.3) is 10.8 Å². The molecule has 0 saturated heterocycles. The maximum absolute atomic E-state index is 10.7. The highest BCUT2D eigenvalue weighted by atomic mass is 28.4. The lowest BCUT2D eigenvalue weighted by Crippen LogP contribution is -2.59. The number of nitrogens with zero attached hydrogens (tertiary/aromatic N) is 1. The molecule has 136 valence electrons. The molecule has 0 radical (unpaired) electrons. The first-order chi connectivity index (χ1) is 11.6. The van der Waals surface area contributed by atoms with E-state index in [2.05, 4.69) is 86.8 Å². The second-order valence-electron chi connectivity index (χ2n) is 9.05. The van der Waals surface area contributed by atoms with Crippen LogP contribution in [0.1, 0.15) is 19.8 Å². The van der Waals surface area contributed by atoms with Crippen molar-refractivity contribution >= 4 is 45.3 Å². The third kappa shape index (κ3) is 4.57. The van der Waals surface area contributed by atoms with Crippen LogP contribution in [-0.4, -0.2) is 28.4 Å². The van der Waals surface area contributed by atoms with Crippen LogP contribution in [0.15, 0.2) is 36.4 Å². The predicted octanol–water partition coefficient (Wildman–Crippen LogP) is 5.31. The van der Waals surface area contributed by atoms with Gasteiger partial charge < -0.3 is 9.26 Å². The maximum atomic E-state index is 10.7. The van der Waals surface area contributed by atoms with Gasteiger partial charge in [-0.2, -0.15) is 0 Å². The van der Waals surface area contributed by atoms with Gasteiger partial charge in [0.2, 0.25) is 0 Å². The summed E-state index contributed by atoms with van der Waals surface area (Å²) in [6.07, 6.45) is 3.02. The predicted molar refractivity (Wildman–Crippen MR) is 120 cm³/mol. The summed E-state index contributed by atoms with van der Waals surface area (Å²) in [7, 11) is -3.03. The molecule has 1 N–H and O–H groups in total. The van der Waals surface area contributed by atoms with Gasteiger partial charge >= 0.3 is 6.92 Å². The molecular weight excluding hydrogens is 337 g/mol. The molecule has 0 aromatic heterocycles. The molecule has 0 aliphatic carbocycles. The summed E-state index contributed by atoms with van der Waals surface area (Å²) in [5.74, 6) is 0. The van der Waals surface area contributed by atoms with Crippen LogP contribution in [0, 0.1) is 0 Å². The lowest BCUT2D eigenvalue weighted by Gasteiger charge is -2.46. The third-order valence-corrected chi connectivity index (χ3v) is 11.9. The number of hydrogen-bond donors (Lipinski definition) is 1. The molecular formula is C20H34BNOSi2. The molecule has 5 heteroatoms. The third-order valence-electron chi connectivity index (χ3n) is 4.71. The zero-order chi connectivity index (χ0) is 18.8. The minimum absolute atomic E-state index is 0.369. The Labute approximate surface area is 156 Å². The average molecular weight is 371 g/mol. The lowest BCUT2D eigenvalue weighted by atomic mass is 9.56. The molecule has 0 aliphatic rings. The van der Waals surface area contributed by atoms with Gasteiger partial charge in [0.1, 0.15) is 16.5 Å². The molecule has 2 nitrogen and oxygen atoms in total. The second-order valence-corrected chi connectivity index (χ2v) is 19.1. The van der Waals surface area contributed by atoms with Gasteiger partial charge in [-0.15, -0.1) is 0 Å². The Hall–Kier alpha value is -1.04. The quantitative estimate of drug-likeness (QED) is 0.667. The van der Waals surface area contributed by atoms with E-state index in [1.807, 2.05) is 0 Å². The molecule has 0 unspecified atom stereocenters. The lowest BCUT2D eigenvalue weighted by molar-refractivity contribution is 0.578. The fourth-order valence-electron chi connectivity index (χ4n) is 4.07. The molecule has 2 rings (SSSR count). The van der Waals surface area contributed by atoms with Crippen LogP contribution in [0.5, 0.6) is 0 Å². The zero-order valence-electron chi connectivity index (χ0n) is 17.1. The molecule has 2 aromatic rings. The fourth-order valence-corrected chi connectivity index (χ4v) is 14.0. The highest BCUT2D eigenvalue weighted by Gasteiger charge is 2.35. The highest BCUT2D eigenvalue weighted by Crippen LogP contribution is 2.34. The Kier molecular flexibility index (Phi) is 6.23. The number of hydrogen-bond acceptors (Lipinski definition) is 2. The Bertz CT molecular complexity index is 708. The van der Waals surface area contributed by atoms with Crippen molar-refractivity contribution in [1.29, 1.82) is 0 Å². The zero-order valence-corrected chi connectivity index (χ0v) is 19.1. The van der Waals surface area contributed by atoms with E-state index in [0.717, 1.165) is 24.6 Å². The SMILES string of the molecule is CCCCB(O)c1ccc(N([Si](C)(C)C)[Si](C)(C)C)c2ccccc12. The van der Waals surface area contributed by atoms with Crippen LogP contribution < -0.4 is 9.69 Å². The van der Waals surface area contributed by atoms with Crippen molar-refractivity contribution in [3.63, 3.8) is 0 Å². The van der Waals surface area contributed by atoms with E-state index < -0.39 is 16.5 Å². The van der Waals surface area contributed by atoms with Gasteiger partial charge in [0, 0.05) is 11.1 Å². The van der Waals surface area contributed by atoms with Gasteiger partial charge in [0.15, 0.2) is 0 Å². The van der Waals surface area contributed by atoms with Crippen molar-refractivity contribution in [2.75, 3.05) is 4.23 Å². The summed E-state index contributed by atoms with van der Waals surface area (Å²) in [5, 5.41) is 13.2. The first kappa shape index (κ1) is 20.3. The molecule has 0 amide bonds. The van der Waals surface area contributed by atoms with Gasteiger partial charge in [0.05, 0.1) is 0 Å². The van der Waals surface area contributed by atoms with Crippen molar-refractivity contribution in [2.45, 2.75) is 65.4 Å². The highest BCUT2D eigenvalue weighted by molar-refractivity contribution is 6.99. The van der Waals surface area contributed by atoms with Gasteiger partial charge in [-0.3, -0.25) is 0 Å². The summed E-state index contributed by atoms with van der Waals surface area (Å²) in [6, 6.07) is 13.1. The molecule has 0 heterocycles. The first-order valence-electron chi connectivity index (χ1n) is 9.57. The first-order valence-corrected chi connectivity index (χ1v) is 16.5. The largest absolute Gasteiger partial charge is 0.446 e. The summed E-state index contributed by atoms with van der Waals surface area (Å²) >= 11 is 0. The monoisotopic (exact) mass is 371 g/mol. The molecule has 0 atom stereocenters. The smallest absolute Gasteiger partial charge is 0.324 e. The average Bonchev–Trinajstić information content (AvgIpc) is 2.50. The standard InChI is InChI=1S/C20H34BNOSi2/c1-8-9-16-21(23)19-14-15-20(18-13-11-10-12-17(18)19)22(24(2,3)4)25(5,6)7/h10-15,23H,8-9,16H2,1-7H3. The number of fused-ring (bicyclic) bond motifs is 1. The van der Waals surface area contributed by atoms with Gasteiger partial charge in [0.25, 0.3) is 0 Å². The fraction of sp³-hybridized carbons (Fsp3) is 0.500. The van der Waals surface area contributed by atoms with Crippen molar-refractivity contribution < 1.29 is 5.02 Å². The molecule has 0 fully saturated rings. The Morgan fingerprint density at radius 2 is 1.44 bits per heavy atom. The molecule has 0 aliphatic heterocycles. The molecule has 0 saturated carbocycles. The Morgan fingerprint density at radius 3 is 1.96 bits per heavy atom. The van der Waals surface area contributed by atoms with E-state index >= 15 is 0 Å². The minimum atomic E-state index is -1.51. The topological polar surface area (TPSA) is 23.5 Å². The maximum Gasteiger partial charge on any atom is 0.324 e. The van der Waals surface area contributed by atoms with E-state index in [-0.39, 0.29) is 6.92 Å². The Morgan fingerprint density at radius 1 is 0.880 bits per heavy atom. The molecule has 2 aromatic carbocycles.